The van der Waals surface area contributed by atoms with Gasteiger partial charge in [-0.15, -0.1) is 0 Å². The number of phenolic OH excluding ortho intramolecular Hbond substituents is 1. The van der Waals surface area contributed by atoms with Crippen LogP contribution < -0.4 is 5.32 Å². The van der Waals surface area contributed by atoms with E-state index < -0.39 is 0 Å². The maximum absolute atomic E-state index is 10.0. The van der Waals surface area contributed by atoms with Gasteiger partial charge in [0, 0.05) is 22.5 Å². The molecule has 0 heterocycles. The van der Waals surface area contributed by atoms with Crippen LogP contribution >= 0.6 is 23.2 Å². The molecule has 3 aromatic carbocycles. The molecule has 0 amide bonds. The number of aliphatic imine (C=N–C) groups is 1. The molecule has 120 valence electrons. The van der Waals surface area contributed by atoms with Crippen LogP contribution in [0.25, 0.3) is 0 Å². The van der Waals surface area contributed by atoms with Crippen LogP contribution in [0.3, 0.4) is 0 Å². The van der Waals surface area contributed by atoms with Crippen LogP contribution in [0.1, 0.15) is 5.56 Å². The normalized spacial score (nSPS) is 10.9. The van der Waals surface area contributed by atoms with Gasteiger partial charge in [-0.2, -0.15) is 0 Å². The van der Waals surface area contributed by atoms with E-state index in [1.807, 2.05) is 54.6 Å². The van der Waals surface area contributed by atoms with Gasteiger partial charge < -0.3 is 10.4 Å². The number of phenols is 1. The lowest BCUT2D eigenvalue weighted by atomic mass is 10.2. The molecule has 0 unspecified atom stereocenters. The summed E-state index contributed by atoms with van der Waals surface area (Å²) in [6.07, 6.45) is 1.54. The molecule has 0 radical (unpaired) electrons. The molecule has 0 fully saturated rings. The van der Waals surface area contributed by atoms with E-state index in [-0.39, 0.29) is 10.8 Å². The molecular weight excluding hydrogens is 343 g/mol. The van der Waals surface area contributed by atoms with Gasteiger partial charge in [-0.1, -0.05) is 53.5 Å². The number of rotatable bonds is 4. The maximum Gasteiger partial charge on any atom is 0.143 e. The molecule has 0 saturated carbocycles. The second kappa shape index (κ2) is 7.39. The minimum Gasteiger partial charge on any atom is -0.506 e. The van der Waals surface area contributed by atoms with Crippen molar-refractivity contribution in [3.05, 3.63) is 82.3 Å². The Morgan fingerprint density at radius 1 is 0.917 bits per heavy atom. The maximum atomic E-state index is 10.0. The zero-order chi connectivity index (χ0) is 16.9. The van der Waals surface area contributed by atoms with Crippen LogP contribution in [-0.2, 0) is 0 Å². The molecule has 0 aromatic heterocycles. The fourth-order valence-corrected chi connectivity index (χ4v) is 2.70. The van der Waals surface area contributed by atoms with Gasteiger partial charge in [0.15, 0.2) is 0 Å². The van der Waals surface area contributed by atoms with E-state index in [0.29, 0.717) is 10.6 Å². The molecule has 3 aromatic rings. The summed E-state index contributed by atoms with van der Waals surface area (Å²) in [4.78, 5) is 4.45. The summed E-state index contributed by atoms with van der Waals surface area (Å²) < 4.78 is 0. The largest absolute Gasteiger partial charge is 0.506 e. The standard InChI is InChI=1S/C19H14Cl2N2O/c20-14-10-13(19(24)16(21)11-14)12-22-17-8-4-5-9-18(17)23-15-6-2-1-3-7-15/h1-12,23-24H. The van der Waals surface area contributed by atoms with E-state index in [1.165, 1.54) is 6.07 Å². The summed E-state index contributed by atoms with van der Waals surface area (Å²) in [6.45, 7) is 0. The number of aromatic hydroxyl groups is 1. The summed E-state index contributed by atoms with van der Waals surface area (Å²) in [5.41, 5.74) is 3.01. The molecule has 0 bridgehead atoms. The quantitative estimate of drug-likeness (QED) is 0.547. The van der Waals surface area contributed by atoms with E-state index in [0.717, 1.165) is 17.1 Å². The summed E-state index contributed by atoms with van der Waals surface area (Å²) in [7, 11) is 0. The number of hydrogen-bond donors (Lipinski definition) is 2. The number of benzene rings is 3. The van der Waals surface area contributed by atoms with E-state index in [1.54, 1.807) is 12.3 Å². The Kier molecular flexibility index (Phi) is 5.04. The second-order valence-corrected chi connectivity index (χ2v) is 5.94. The minimum atomic E-state index is -0.0432. The fraction of sp³-hybridized carbons (Fsp3) is 0. The average molecular weight is 357 g/mol. The highest BCUT2D eigenvalue weighted by Gasteiger charge is 2.06. The van der Waals surface area contributed by atoms with Crippen molar-refractivity contribution < 1.29 is 5.11 Å². The first-order valence-corrected chi connectivity index (χ1v) is 8.02. The topological polar surface area (TPSA) is 44.6 Å². The molecule has 0 saturated heterocycles. The number of nitrogens with zero attached hydrogens (tertiary/aromatic N) is 1. The zero-order valence-electron chi connectivity index (χ0n) is 12.6. The van der Waals surface area contributed by atoms with Crippen LogP contribution in [0, 0.1) is 0 Å². The molecule has 5 heteroatoms. The van der Waals surface area contributed by atoms with Gasteiger partial charge in [0.25, 0.3) is 0 Å². The molecule has 24 heavy (non-hydrogen) atoms. The lowest BCUT2D eigenvalue weighted by molar-refractivity contribution is 0.475. The zero-order valence-corrected chi connectivity index (χ0v) is 14.1. The predicted octanol–water partition coefficient (Wildman–Crippen LogP) is 6.19. The Morgan fingerprint density at radius 3 is 2.42 bits per heavy atom. The smallest absolute Gasteiger partial charge is 0.143 e. The Hall–Kier alpha value is -2.49. The van der Waals surface area contributed by atoms with Gasteiger partial charge in [-0.3, -0.25) is 4.99 Å². The van der Waals surface area contributed by atoms with Crippen molar-refractivity contribution in [2.24, 2.45) is 4.99 Å². The Bertz CT molecular complexity index is 880. The van der Waals surface area contributed by atoms with Crippen molar-refractivity contribution in [2.45, 2.75) is 0 Å². The van der Waals surface area contributed by atoms with Crippen LogP contribution in [0.15, 0.2) is 71.7 Å². The molecule has 0 spiro atoms. The first kappa shape index (κ1) is 16.4. The number of hydrogen-bond acceptors (Lipinski definition) is 3. The predicted molar refractivity (Wildman–Crippen MR) is 102 cm³/mol. The van der Waals surface area contributed by atoms with Crippen molar-refractivity contribution in [3.63, 3.8) is 0 Å². The molecule has 3 nitrogen and oxygen atoms in total. The van der Waals surface area contributed by atoms with Crippen LogP contribution in [0.4, 0.5) is 17.1 Å². The molecular formula is C19H14Cl2N2O. The second-order valence-electron chi connectivity index (χ2n) is 5.09. The van der Waals surface area contributed by atoms with E-state index in [9.17, 15) is 5.11 Å². The SMILES string of the molecule is Oc1c(Cl)cc(Cl)cc1C=Nc1ccccc1Nc1ccccc1. The number of nitrogens with one attached hydrogen (secondary N) is 1. The Balaban J connectivity index is 1.91. The van der Waals surface area contributed by atoms with Gasteiger partial charge in [0.1, 0.15) is 5.75 Å². The molecule has 0 aliphatic carbocycles. The molecule has 2 N–H and O–H groups in total. The minimum absolute atomic E-state index is 0.0432. The van der Waals surface area contributed by atoms with Crippen LogP contribution in [0.5, 0.6) is 5.75 Å². The highest BCUT2D eigenvalue weighted by Crippen LogP contribution is 2.32. The molecule has 0 atom stereocenters. The van der Waals surface area contributed by atoms with Gasteiger partial charge in [0.05, 0.1) is 16.4 Å². The summed E-state index contributed by atoms with van der Waals surface area (Å²) in [5, 5.41) is 14.0. The van der Waals surface area contributed by atoms with Gasteiger partial charge in [-0.25, -0.2) is 0 Å². The highest BCUT2D eigenvalue weighted by atomic mass is 35.5. The van der Waals surface area contributed by atoms with Crippen molar-refractivity contribution >= 4 is 46.5 Å². The number of para-hydroxylation sites is 3. The first-order valence-electron chi connectivity index (χ1n) is 7.26. The highest BCUT2D eigenvalue weighted by molar-refractivity contribution is 6.36. The summed E-state index contributed by atoms with van der Waals surface area (Å²) in [6, 6.07) is 20.6. The van der Waals surface area contributed by atoms with Crippen molar-refractivity contribution in [2.75, 3.05) is 5.32 Å². The molecule has 3 rings (SSSR count). The lowest BCUT2D eigenvalue weighted by Gasteiger charge is -2.09. The summed E-state index contributed by atoms with van der Waals surface area (Å²) in [5.74, 6) is -0.0432. The van der Waals surface area contributed by atoms with Crippen molar-refractivity contribution in [1.82, 2.24) is 0 Å². The molecule has 0 aliphatic heterocycles. The van der Waals surface area contributed by atoms with E-state index in [2.05, 4.69) is 10.3 Å². The first-order chi connectivity index (χ1) is 11.6. The summed E-state index contributed by atoms with van der Waals surface area (Å²) >= 11 is 11.9. The van der Waals surface area contributed by atoms with Gasteiger partial charge in [-0.05, 0) is 36.4 Å². The van der Waals surface area contributed by atoms with Crippen LogP contribution in [0.2, 0.25) is 10.0 Å². The lowest BCUT2D eigenvalue weighted by Crippen LogP contribution is -1.90. The van der Waals surface area contributed by atoms with Gasteiger partial charge in [0.2, 0.25) is 0 Å². The Labute approximate surface area is 150 Å². The van der Waals surface area contributed by atoms with E-state index >= 15 is 0 Å². The van der Waals surface area contributed by atoms with Gasteiger partial charge >= 0.3 is 0 Å². The van der Waals surface area contributed by atoms with E-state index in [4.69, 9.17) is 23.2 Å². The van der Waals surface area contributed by atoms with Crippen molar-refractivity contribution in [1.29, 1.82) is 0 Å². The van der Waals surface area contributed by atoms with Crippen molar-refractivity contribution in [3.8, 4) is 5.75 Å². The van der Waals surface area contributed by atoms with Crippen LogP contribution in [-0.4, -0.2) is 11.3 Å². The number of anilines is 2. The Morgan fingerprint density at radius 2 is 1.62 bits per heavy atom. The average Bonchev–Trinajstić information content (AvgIpc) is 2.59. The third-order valence-corrected chi connectivity index (χ3v) is 3.86. The third-order valence-electron chi connectivity index (χ3n) is 3.36. The third kappa shape index (κ3) is 3.88. The molecule has 0 aliphatic rings. The fourth-order valence-electron chi connectivity index (χ4n) is 2.19. The number of halogens is 2. The monoisotopic (exact) mass is 356 g/mol.